The number of carbonyl (C=O) groups is 2. The normalized spacial score (nSPS) is 10.0. The maximum absolute atomic E-state index is 11.7. The van der Waals surface area contributed by atoms with E-state index in [0.29, 0.717) is 11.4 Å². The second-order valence-electron chi connectivity index (χ2n) is 4.64. The number of carbonyl (C=O) groups excluding carboxylic acids is 2. The lowest BCUT2D eigenvalue weighted by Crippen LogP contribution is -2.12. The van der Waals surface area contributed by atoms with E-state index in [4.69, 9.17) is 0 Å². The van der Waals surface area contributed by atoms with Gasteiger partial charge in [0.2, 0.25) is 5.95 Å². The summed E-state index contributed by atoms with van der Waals surface area (Å²) in [6, 6.07) is 5.65. The van der Waals surface area contributed by atoms with Crippen LogP contribution >= 0.6 is 0 Å². The van der Waals surface area contributed by atoms with E-state index in [1.807, 2.05) is 0 Å². The summed E-state index contributed by atoms with van der Waals surface area (Å²) in [7, 11) is 2.47. The fourth-order valence-electron chi connectivity index (χ4n) is 1.95. The first-order valence-corrected chi connectivity index (χ1v) is 6.59. The van der Waals surface area contributed by atoms with Crippen molar-refractivity contribution in [2.24, 2.45) is 0 Å². The van der Waals surface area contributed by atoms with Gasteiger partial charge in [0.15, 0.2) is 0 Å². The fourth-order valence-corrected chi connectivity index (χ4v) is 1.95. The van der Waals surface area contributed by atoms with Gasteiger partial charge in [-0.15, -0.1) is 0 Å². The molecule has 0 saturated carbocycles. The zero-order valence-corrected chi connectivity index (χ0v) is 12.8. The summed E-state index contributed by atoms with van der Waals surface area (Å²) in [4.78, 5) is 41.5. The van der Waals surface area contributed by atoms with E-state index >= 15 is 0 Å². The van der Waals surface area contributed by atoms with Crippen molar-refractivity contribution in [1.29, 1.82) is 0 Å². The Kier molecular flexibility index (Phi) is 4.75. The minimum absolute atomic E-state index is 0.160. The van der Waals surface area contributed by atoms with Crippen LogP contribution in [0.2, 0.25) is 0 Å². The quantitative estimate of drug-likeness (QED) is 0.820. The number of rotatable bonds is 4. The predicted molar refractivity (Wildman–Crippen MR) is 82.0 cm³/mol. The van der Waals surface area contributed by atoms with Gasteiger partial charge in [0.25, 0.3) is 5.56 Å². The van der Waals surface area contributed by atoms with Crippen molar-refractivity contribution < 1.29 is 19.1 Å². The van der Waals surface area contributed by atoms with Crippen molar-refractivity contribution in [2.45, 2.75) is 6.92 Å². The highest BCUT2D eigenvalue weighted by atomic mass is 16.5. The van der Waals surface area contributed by atoms with Gasteiger partial charge in [-0.2, -0.15) is 0 Å². The van der Waals surface area contributed by atoms with Crippen LogP contribution in [-0.4, -0.2) is 36.1 Å². The second kappa shape index (κ2) is 6.73. The van der Waals surface area contributed by atoms with Gasteiger partial charge in [-0.1, -0.05) is 0 Å². The molecule has 1 aromatic carbocycles. The molecule has 8 heteroatoms. The molecular weight excluding hydrogens is 302 g/mol. The van der Waals surface area contributed by atoms with Crippen LogP contribution in [0.4, 0.5) is 11.6 Å². The molecule has 0 aliphatic carbocycles. The number of hydrogen-bond donors (Lipinski definition) is 2. The summed E-state index contributed by atoms with van der Waals surface area (Å²) in [6.45, 7) is 1.67. The van der Waals surface area contributed by atoms with Crippen molar-refractivity contribution in [3.05, 3.63) is 51.4 Å². The Hall–Kier alpha value is -3.16. The van der Waals surface area contributed by atoms with Gasteiger partial charge in [0.1, 0.15) is 0 Å². The third-order valence-electron chi connectivity index (χ3n) is 2.91. The smallest absolute Gasteiger partial charge is 0.337 e. The van der Waals surface area contributed by atoms with E-state index < -0.39 is 11.9 Å². The number of aryl methyl sites for hydroxylation is 1. The average Bonchev–Trinajstić information content (AvgIpc) is 2.51. The Morgan fingerprint density at radius 2 is 1.61 bits per heavy atom. The molecule has 120 valence electrons. The van der Waals surface area contributed by atoms with Crippen LogP contribution in [0, 0.1) is 6.92 Å². The van der Waals surface area contributed by atoms with Crippen molar-refractivity contribution in [1.82, 2.24) is 9.97 Å². The Labute approximate surface area is 131 Å². The van der Waals surface area contributed by atoms with Crippen LogP contribution in [-0.2, 0) is 9.47 Å². The molecule has 0 saturated heterocycles. The lowest BCUT2D eigenvalue weighted by atomic mass is 10.1. The molecule has 0 radical (unpaired) electrons. The van der Waals surface area contributed by atoms with Gasteiger partial charge < -0.3 is 14.8 Å². The first-order valence-electron chi connectivity index (χ1n) is 6.59. The number of anilines is 2. The summed E-state index contributed by atoms with van der Waals surface area (Å²) in [5.41, 5.74) is 0.897. The molecule has 0 aliphatic heterocycles. The number of aromatic nitrogens is 2. The average molecular weight is 317 g/mol. The van der Waals surface area contributed by atoms with Gasteiger partial charge in [0, 0.05) is 17.4 Å². The number of methoxy groups -OCH3 is 2. The van der Waals surface area contributed by atoms with E-state index in [1.165, 1.54) is 38.5 Å². The van der Waals surface area contributed by atoms with Crippen molar-refractivity contribution in [3.63, 3.8) is 0 Å². The number of H-pyrrole nitrogens is 1. The first kappa shape index (κ1) is 16.2. The summed E-state index contributed by atoms with van der Waals surface area (Å²) in [5.74, 6) is -1.03. The lowest BCUT2D eigenvalue weighted by Gasteiger charge is -2.10. The Bertz CT molecular complexity index is 779. The fraction of sp³-hybridized carbons (Fsp3) is 0.200. The lowest BCUT2D eigenvalue weighted by molar-refractivity contribution is 0.0599. The highest BCUT2D eigenvalue weighted by Crippen LogP contribution is 2.19. The van der Waals surface area contributed by atoms with E-state index in [0.717, 1.165) is 0 Å². The monoisotopic (exact) mass is 317 g/mol. The van der Waals surface area contributed by atoms with E-state index in [-0.39, 0.29) is 22.6 Å². The molecule has 1 heterocycles. The van der Waals surface area contributed by atoms with E-state index in [9.17, 15) is 14.4 Å². The molecular formula is C15H15N3O5. The topological polar surface area (TPSA) is 110 Å². The molecule has 1 aromatic heterocycles. The van der Waals surface area contributed by atoms with Gasteiger partial charge in [-0.3, -0.25) is 9.78 Å². The molecule has 2 rings (SSSR count). The molecule has 0 bridgehead atoms. The van der Waals surface area contributed by atoms with Crippen molar-refractivity contribution in [2.75, 3.05) is 19.5 Å². The van der Waals surface area contributed by atoms with Crippen LogP contribution in [0.1, 0.15) is 26.4 Å². The standard InChI is InChI=1S/C15H15N3O5/c1-8-4-12(19)18-15(16-8)17-11-6-9(13(20)22-2)5-10(7-11)14(21)23-3/h4-7H,1-3H3,(H2,16,17,18,19). The summed E-state index contributed by atoms with van der Waals surface area (Å²) >= 11 is 0. The highest BCUT2D eigenvalue weighted by molar-refractivity contribution is 5.97. The van der Waals surface area contributed by atoms with E-state index in [2.05, 4.69) is 24.8 Å². The largest absolute Gasteiger partial charge is 0.465 e. The third kappa shape index (κ3) is 3.94. The minimum atomic E-state index is -0.607. The molecule has 0 unspecified atom stereocenters. The number of nitrogens with one attached hydrogen (secondary N) is 2. The number of nitrogens with zero attached hydrogens (tertiary/aromatic N) is 1. The molecule has 0 aliphatic rings. The van der Waals surface area contributed by atoms with Crippen LogP contribution in [0.25, 0.3) is 0 Å². The molecule has 0 fully saturated rings. The zero-order chi connectivity index (χ0) is 17.0. The van der Waals surface area contributed by atoms with Gasteiger partial charge in [0.05, 0.1) is 25.3 Å². The summed E-state index contributed by atoms with van der Waals surface area (Å²) in [6.07, 6.45) is 0. The van der Waals surface area contributed by atoms with Crippen LogP contribution < -0.4 is 10.9 Å². The van der Waals surface area contributed by atoms with Gasteiger partial charge in [-0.25, -0.2) is 14.6 Å². The number of benzene rings is 1. The summed E-state index contributed by atoms with van der Waals surface area (Å²) in [5, 5.41) is 2.84. The highest BCUT2D eigenvalue weighted by Gasteiger charge is 2.14. The molecule has 2 aromatic rings. The zero-order valence-electron chi connectivity index (χ0n) is 12.8. The van der Waals surface area contributed by atoms with Gasteiger partial charge in [-0.05, 0) is 25.1 Å². The molecule has 2 N–H and O–H groups in total. The SMILES string of the molecule is COC(=O)c1cc(Nc2nc(C)cc(=O)[nH]2)cc(C(=O)OC)c1. The first-order chi connectivity index (χ1) is 10.9. The second-order valence-corrected chi connectivity index (χ2v) is 4.64. The van der Waals surface area contributed by atoms with Gasteiger partial charge >= 0.3 is 11.9 Å². The van der Waals surface area contributed by atoms with Crippen LogP contribution in [0.5, 0.6) is 0 Å². The molecule has 0 atom stereocenters. The Morgan fingerprint density at radius 1 is 1.04 bits per heavy atom. The minimum Gasteiger partial charge on any atom is -0.465 e. The van der Waals surface area contributed by atoms with Crippen molar-refractivity contribution >= 4 is 23.6 Å². The number of aromatic amines is 1. The third-order valence-corrected chi connectivity index (χ3v) is 2.91. The molecule has 0 spiro atoms. The van der Waals surface area contributed by atoms with Crippen molar-refractivity contribution in [3.8, 4) is 0 Å². The predicted octanol–water partition coefficient (Wildman–Crippen LogP) is 1.40. The Morgan fingerprint density at radius 3 is 2.09 bits per heavy atom. The number of esters is 2. The molecule has 8 nitrogen and oxygen atoms in total. The number of ether oxygens (including phenoxy) is 2. The maximum atomic E-state index is 11.7. The summed E-state index contributed by atoms with van der Waals surface area (Å²) < 4.78 is 9.31. The maximum Gasteiger partial charge on any atom is 0.337 e. The van der Waals surface area contributed by atoms with Crippen LogP contribution in [0.3, 0.4) is 0 Å². The van der Waals surface area contributed by atoms with Crippen LogP contribution in [0.15, 0.2) is 29.1 Å². The number of hydrogen-bond acceptors (Lipinski definition) is 7. The Balaban J connectivity index is 2.45. The van der Waals surface area contributed by atoms with E-state index in [1.54, 1.807) is 6.92 Å². The molecule has 0 amide bonds. The molecule has 23 heavy (non-hydrogen) atoms.